The Morgan fingerprint density at radius 1 is 1.21 bits per heavy atom. The van der Waals surface area contributed by atoms with Crippen LogP contribution in [0.15, 0.2) is 36.4 Å². The van der Waals surface area contributed by atoms with E-state index in [2.05, 4.69) is 21.2 Å². The van der Waals surface area contributed by atoms with Crippen LogP contribution < -0.4 is 9.64 Å². The van der Waals surface area contributed by atoms with Gasteiger partial charge >= 0.3 is 0 Å². The number of benzene rings is 1. The van der Waals surface area contributed by atoms with E-state index in [0.29, 0.717) is 24.2 Å². The minimum atomic E-state index is -0.105. The molecule has 2 aromatic rings. The molecule has 4 rings (SSSR count). The lowest BCUT2D eigenvalue weighted by Crippen LogP contribution is -2.40. The fourth-order valence-corrected chi connectivity index (χ4v) is 3.62. The van der Waals surface area contributed by atoms with Gasteiger partial charge in [0, 0.05) is 30.9 Å². The topological polar surface area (TPSA) is 58.6 Å². The SMILES string of the molecule is COc1ccc(C(=O)N2C[C@@H]3CCCN3Cc3ccccc32)nn1. The van der Waals surface area contributed by atoms with Crippen LogP contribution in [0.1, 0.15) is 28.9 Å². The summed E-state index contributed by atoms with van der Waals surface area (Å²) in [5, 5.41) is 7.96. The maximum absolute atomic E-state index is 13.1. The van der Waals surface area contributed by atoms with Crippen molar-refractivity contribution in [3.63, 3.8) is 0 Å². The third-order valence-corrected chi connectivity index (χ3v) is 4.86. The van der Waals surface area contributed by atoms with Gasteiger partial charge in [-0.05, 0) is 37.1 Å². The molecule has 6 heteroatoms. The smallest absolute Gasteiger partial charge is 0.278 e. The number of methoxy groups -OCH3 is 1. The van der Waals surface area contributed by atoms with Crippen molar-refractivity contribution in [1.29, 1.82) is 0 Å². The Balaban J connectivity index is 1.70. The molecule has 1 aromatic heterocycles. The largest absolute Gasteiger partial charge is 0.480 e. The van der Waals surface area contributed by atoms with Gasteiger partial charge in [0.15, 0.2) is 5.69 Å². The Hall–Kier alpha value is -2.47. The Labute approximate surface area is 141 Å². The van der Waals surface area contributed by atoms with Crippen LogP contribution in [0, 0.1) is 0 Å². The number of aromatic nitrogens is 2. The molecule has 0 aliphatic carbocycles. The van der Waals surface area contributed by atoms with Crippen LogP contribution in [-0.2, 0) is 6.54 Å². The van der Waals surface area contributed by atoms with Crippen molar-refractivity contribution in [2.75, 3.05) is 25.1 Å². The van der Waals surface area contributed by atoms with Crippen molar-refractivity contribution in [3.05, 3.63) is 47.7 Å². The molecule has 0 radical (unpaired) electrons. The van der Waals surface area contributed by atoms with E-state index in [1.54, 1.807) is 12.1 Å². The summed E-state index contributed by atoms with van der Waals surface area (Å²) >= 11 is 0. The number of para-hydroxylation sites is 1. The second-order valence-corrected chi connectivity index (χ2v) is 6.27. The van der Waals surface area contributed by atoms with Gasteiger partial charge < -0.3 is 9.64 Å². The van der Waals surface area contributed by atoms with Gasteiger partial charge in [-0.25, -0.2) is 0 Å². The van der Waals surface area contributed by atoms with Gasteiger partial charge in [-0.1, -0.05) is 18.2 Å². The molecule has 0 spiro atoms. The highest BCUT2D eigenvalue weighted by molar-refractivity contribution is 6.05. The van der Waals surface area contributed by atoms with Crippen molar-refractivity contribution in [2.24, 2.45) is 0 Å². The second kappa shape index (κ2) is 6.20. The minimum Gasteiger partial charge on any atom is -0.480 e. The third-order valence-electron chi connectivity index (χ3n) is 4.86. The Morgan fingerprint density at radius 3 is 2.88 bits per heavy atom. The van der Waals surface area contributed by atoms with Gasteiger partial charge in [0.1, 0.15) is 0 Å². The molecule has 1 fully saturated rings. The lowest BCUT2D eigenvalue weighted by molar-refractivity contribution is 0.0975. The first-order chi connectivity index (χ1) is 11.8. The van der Waals surface area contributed by atoms with Crippen LogP contribution in [0.5, 0.6) is 5.88 Å². The van der Waals surface area contributed by atoms with Gasteiger partial charge in [0.05, 0.1) is 7.11 Å². The van der Waals surface area contributed by atoms with E-state index in [9.17, 15) is 4.79 Å². The molecule has 0 N–H and O–H groups in total. The molecular weight excluding hydrogens is 304 g/mol. The summed E-state index contributed by atoms with van der Waals surface area (Å²) in [7, 11) is 1.53. The lowest BCUT2D eigenvalue weighted by atomic mass is 10.1. The zero-order valence-electron chi connectivity index (χ0n) is 13.7. The van der Waals surface area contributed by atoms with Crippen molar-refractivity contribution >= 4 is 11.6 Å². The maximum atomic E-state index is 13.1. The van der Waals surface area contributed by atoms with Gasteiger partial charge in [-0.15, -0.1) is 10.2 Å². The molecule has 1 atom stereocenters. The van der Waals surface area contributed by atoms with E-state index in [0.717, 1.165) is 25.2 Å². The van der Waals surface area contributed by atoms with Crippen molar-refractivity contribution in [3.8, 4) is 5.88 Å². The normalized spacial score (nSPS) is 20.2. The monoisotopic (exact) mass is 324 g/mol. The number of ether oxygens (including phenoxy) is 1. The molecule has 1 aromatic carbocycles. The molecule has 6 nitrogen and oxygen atoms in total. The zero-order chi connectivity index (χ0) is 16.5. The van der Waals surface area contributed by atoms with Crippen LogP contribution in [0.4, 0.5) is 5.69 Å². The van der Waals surface area contributed by atoms with Gasteiger partial charge in [-0.2, -0.15) is 0 Å². The van der Waals surface area contributed by atoms with E-state index in [1.165, 1.54) is 19.1 Å². The standard InChI is InChI=1S/C18H20N4O2/c1-24-17-9-8-15(19-20-17)18(23)22-12-14-6-4-10-21(14)11-13-5-2-3-7-16(13)22/h2-3,5,7-9,14H,4,6,10-12H2,1H3/t14-/m0/s1. The van der Waals surface area contributed by atoms with Gasteiger partial charge in [0.25, 0.3) is 5.91 Å². The third kappa shape index (κ3) is 2.63. The summed E-state index contributed by atoms with van der Waals surface area (Å²) in [6.07, 6.45) is 2.32. The fraction of sp³-hybridized carbons (Fsp3) is 0.389. The average Bonchev–Trinajstić information content (AvgIpc) is 3.00. The van der Waals surface area contributed by atoms with Crippen molar-refractivity contribution < 1.29 is 9.53 Å². The molecule has 0 bridgehead atoms. The first kappa shape index (κ1) is 15.1. The van der Waals surface area contributed by atoms with Crippen LogP contribution in [0.3, 0.4) is 0 Å². The number of fused-ring (bicyclic) bond motifs is 2. The lowest BCUT2D eigenvalue weighted by Gasteiger charge is -2.26. The highest BCUT2D eigenvalue weighted by Gasteiger charge is 2.34. The first-order valence-corrected chi connectivity index (χ1v) is 8.28. The second-order valence-electron chi connectivity index (χ2n) is 6.27. The van der Waals surface area contributed by atoms with Gasteiger partial charge in [0.2, 0.25) is 5.88 Å². The van der Waals surface area contributed by atoms with Gasteiger partial charge in [-0.3, -0.25) is 9.69 Å². The van der Waals surface area contributed by atoms with Crippen molar-refractivity contribution in [1.82, 2.24) is 15.1 Å². The number of hydrogen-bond acceptors (Lipinski definition) is 5. The molecule has 1 saturated heterocycles. The molecule has 0 saturated carbocycles. The summed E-state index contributed by atoms with van der Waals surface area (Å²) in [6.45, 7) is 2.70. The molecule has 124 valence electrons. The summed E-state index contributed by atoms with van der Waals surface area (Å²) in [4.78, 5) is 17.4. The van der Waals surface area contributed by atoms with E-state index in [4.69, 9.17) is 4.74 Å². The quantitative estimate of drug-likeness (QED) is 0.847. The van der Waals surface area contributed by atoms with E-state index < -0.39 is 0 Å². The summed E-state index contributed by atoms with van der Waals surface area (Å²) < 4.78 is 5.02. The average molecular weight is 324 g/mol. The van der Waals surface area contributed by atoms with Crippen LogP contribution in [0.2, 0.25) is 0 Å². The van der Waals surface area contributed by atoms with Crippen LogP contribution in [0.25, 0.3) is 0 Å². The maximum Gasteiger partial charge on any atom is 0.278 e. The Morgan fingerprint density at radius 2 is 2.08 bits per heavy atom. The highest BCUT2D eigenvalue weighted by atomic mass is 16.5. The van der Waals surface area contributed by atoms with Crippen LogP contribution >= 0.6 is 0 Å². The number of carbonyl (C=O) groups is 1. The number of nitrogens with zero attached hydrogens (tertiary/aromatic N) is 4. The molecule has 2 aliphatic heterocycles. The number of carbonyl (C=O) groups excluding carboxylic acids is 1. The van der Waals surface area contributed by atoms with Crippen LogP contribution in [-0.4, -0.2) is 47.2 Å². The summed E-state index contributed by atoms with van der Waals surface area (Å²) in [5.74, 6) is 0.302. The number of amides is 1. The fourth-order valence-electron chi connectivity index (χ4n) is 3.62. The van der Waals surface area contributed by atoms with E-state index in [1.807, 2.05) is 23.1 Å². The van der Waals surface area contributed by atoms with Crippen molar-refractivity contribution in [2.45, 2.75) is 25.4 Å². The summed E-state index contributed by atoms with van der Waals surface area (Å²) in [6, 6.07) is 11.9. The number of hydrogen-bond donors (Lipinski definition) is 0. The molecule has 0 unspecified atom stereocenters. The van der Waals surface area contributed by atoms with E-state index >= 15 is 0 Å². The minimum absolute atomic E-state index is 0.105. The Kier molecular flexibility index (Phi) is 3.90. The highest BCUT2D eigenvalue weighted by Crippen LogP contribution is 2.32. The Bertz CT molecular complexity index is 747. The van der Waals surface area contributed by atoms with E-state index in [-0.39, 0.29) is 5.91 Å². The molecule has 1 amide bonds. The predicted octanol–water partition coefficient (Wildman–Crippen LogP) is 2.11. The number of anilines is 1. The first-order valence-electron chi connectivity index (χ1n) is 8.28. The molecular formula is C18H20N4O2. The number of rotatable bonds is 2. The molecule has 2 aliphatic rings. The molecule has 24 heavy (non-hydrogen) atoms. The zero-order valence-corrected chi connectivity index (χ0v) is 13.7. The molecule has 3 heterocycles. The summed E-state index contributed by atoms with van der Waals surface area (Å²) in [5.41, 5.74) is 2.52. The predicted molar refractivity (Wildman–Crippen MR) is 90.1 cm³/mol.